The first-order chi connectivity index (χ1) is 8.93. The van der Waals surface area contributed by atoms with Crippen LogP contribution in [-0.2, 0) is 9.59 Å². The minimum Gasteiger partial charge on any atom is -0.478 e. The van der Waals surface area contributed by atoms with Crippen molar-refractivity contribution in [2.75, 3.05) is 0 Å². The molecule has 0 amide bonds. The molecule has 0 unspecified atom stereocenters. The van der Waals surface area contributed by atoms with Gasteiger partial charge in [0.25, 0.3) is 0 Å². The number of hydrogen-bond donors (Lipinski definition) is 2. The van der Waals surface area contributed by atoms with Gasteiger partial charge in [-0.1, -0.05) is 55.1 Å². The number of allylic oxidation sites excluding steroid dienone is 2. The molecular weight excluding hydrogens is 244 g/mol. The van der Waals surface area contributed by atoms with Crippen molar-refractivity contribution in [3.05, 3.63) is 66.3 Å². The minimum atomic E-state index is -0.935. The molecule has 4 nitrogen and oxygen atoms in total. The summed E-state index contributed by atoms with van der Waals surface area (Å²) in [5, 5.41) is 16.2. The van der Waals surface area contributed by atoms with Crippen molar-refractivity contribution < 1.29 is 19.8 Å². The zero-order valence-electron chi connectivity index (χ0n) is 10.6. The van der Waals surface area contributed by atoms with E-state index in [1.165, 1.54) is 13.0 Å². The lowest BCUT2D eigenvalue weighted by atomic mass is 10.2. The molecule has 0 atom stereocenters. The fourth-order valence-corrected chi connectivity index (χ4v) is 0.869. The van der Waals surface area contributed by atoms with Crippen LogP contribution in [0.15, 0.2) is 60.7 Å². The van der Waals surface area contributed by atoms with Crippen LogP contribution < -0.4 is 0 Å². The van der Waals surface area contributed by atoms with E-state index in [1.54, 1.807) is 6.08 Å². The number of carbonyl (C=O) groups is 2. The maximum atomic E-state index is 10.1. The van der Waals surface area contributed by atoms with Gasteiger partial charge in [-0.15, -0.1) is 0 Å². The van der Waals surface area contributed by atoms with Gasteiger partial charge in [-0.3, -0.25) is 0 Å². The Kier molecular flexibility index (Phi) is 8.12. The monoisotopic (exact) mass is 260 g/mol. The maximum absolute atomic E-state index is 10.1. The second kappa shape index (κ2) is 9.41. The van der Waals surface area contributed by atoms with E-state index >= 15 is 0 Å². The van der Waals surface area contributed by atoms with Crippen LogP contribution in [0.3, 0.4) is 0 Å². The van der Waals surface area contributed by atoms with Crippen molar-refractivity contribution in [2.45, 2.75) is 6.92 Å². The lowest BCUT2D eigenvalue weighted by Crippen LogP contribution is -1.92. The molecule has 1 aromatic carbocycles. The Bertz CT molecular complexity index is 472. The average Bonchev–Trinajstić information content (AvgIpc) is 2.36. The molecule has 0 bridgehead atoms. The van der Waals surface area contributed by atoms with Gasteiger partial charge in [-0.05, 0) is 12.5 Å². The van der Waals surface area contributed by atoms with E-state index < -0.39 is 11.9 Å². The van der Waals surface area contributed by atoms with Crippen LogP contribution in [0.2, 0.25) is 0 Å². The van der Waals surface area contributed by atoms with Crippen molar-refractivity contribution in [2.24, 2.45) is 0 Å². The third kappa shape index (κ3) is 10.3. The average molecular weight is 260 g/mol. The molecule has 0 radical (unpaired) electrons. The number of benzene rings is 1. The van der Waals surface area contributed by atoms with Crippen LogP contribution in [0.25, 0.3) is 6.08 Å². The van der Waals surface area contributed by atoms with Gasteiger partial charge in [0.15, 0.2) is 0 Å². The van der Waals surface area contributed by atoms with Crippen molar-refractivity contribution in [1.82, 2.24) is 0 Å². The number of aliphatic carboxylic acids is 2. The first-order valence-corrected chi connectivity index (χ1v) is 5.45. The molecular formula is C15H16O4. The maximum Gasteiger partial charge on any atom is 0.330 e. The number of hydrogen-bond acceptors (Lipinski definition) is 2. The Hall–Kier alpha value is -2.62. The normalized spacial score (nSPS) is 9.95. The largest absolute Gasteiger partial charge is 0.478 e. The molecule has 0 spiro atoms. The van der Waals surface area contributed by atoms with Crippen molar-refractivity contribution >= 4 is 18.0 Å². The molecule has 0 fully saturated rings. The van der Waals surface area contributed by atoms with E-state index in [-0.39, 0.29) is 5.57 Å². The molecule has 2 N–H and O–H groups in total. The molecule has 0 saturated carbocycles. The van der Waals surface area contributed by atoms with E-state index in [4.69, 9.17) is 10.2 Å². The number of carboxylic acid groups (broad SMARTS) is 2. The molecule has 19 heavy (non-hydrogen) atoms. The fraction of sp³-hybridized carbons (Fsp3) is 0.0667. The summed E-state index contributed by atoms with van der Waals surface area (Å²) in [5.41, 5.74) is 1.23. The fourth-order valence-electron chi connectivity index (χ4n) is 0.869. The summed E-state index contributed by atoms with van der Waals surface area (Å²) in [6.45, 7) is 4.60. The third-order valence-corrected chi connectivity index (χ3v) is 1.80. The molecule has 0 aliphatic carbocycles. The Morgan fingerprint density at radius 2 is 1.63 bits per heavy atom. The first-order valence-electron chi connectivity index (χ1n) is 5.45. The Morgan fingerprint density at radius 1 is 1.11 bits per heavy atom. The van der Waals surface area contributed by atoms with Crippen LogP contribution >= 0.6 is 0 Å². The van der Waals surface area contributed by atoms with Gasteiger partial charge in [0, 0.05) is 11.6 Å². The lowest BCUT2D eigenvalue weighted by Gasteiger charge is -1.87. The van der Waals surface area contributed by atoms with Crippen molar-refractivity contribution in [1.29, 1.82) is 0 Å². The molecule has 4 heteroatoms. The number of carboxylic acids is 2. The summed E-state index contributed by atoms with van der Waals surface area (Å²) in [6.07, 6.45) is 6.14. The van der Waals surface area contributed by atoms with Crippen LogP contribution in [0, 0.1) is 0 Å². The second-order valence-electron chi connectivity index (χ2n) is 3.55. The van der Waals surface area contributed by atoms with Gasteiger partial charge in [0.1, 0.15) is 0 Å². The summed E-state index contributed by atoms with van der Waals surface area (Å²) < 4.78 is 0. The molecule has 0 aromatic heterocycles. The summed E-state index contributed by atoms with van der Waals surface area (Å²) in [4.78, 5) is 19.7. The molecule has 0 aliphatic heterocycles. The van der Waals surface area contributed by atoms with E-state index in [0.717, 1.165) is 11.6 Å². The lowest BCUT2D eigenvalue weighted by molar-refractivity contribution is -0.133. The van der Waals surface area contributed by atoms with Crippen molar-refractivity contribution in [3.8, 4) is 0 Å². The Labute approximate surface area is 112 Å². The predicted molar refractivity (Wildman–Crippen MR) is 74.7 cm³/mol. The molecule has 0 heterocycles. The summed E-state index contributed by atoms with van der Waals surface area (Å²) >= 11 is 0. The zero-order valence-corrected chi connectivity index (χ0v) is 10.6. The Balaban J connectivity index is 0.000000459. The quantitative estimate of drug-likeness (QED) is 0.644. The minimum absolute atomic E-state index is 0.176. The molecule has 1 aromatic rings. The standard InChI is InChI=1S/C11H10O2.C4H6O2/c12-11(13)9-5-4-8-10-6-2-1-3-7-10;1-3(2)4(5)6/h1-9H,(H,12,13);1H2,2H3,(H,5,6). The highest BCUT2D eigenvalue weighted by Gasteiger charge is 1.90. The van der Waals surface area contributed by atoms with Gasteiger partial charge in [-0.25, -0.2) is 9.59 Å². The molecule has 100 valence electrons. The summed E-state index contributed by atoms with van der Waals surface area (Å²) in [6, 6.07) is 9.70. The topological polar surface area (TPSA) is 74.6 Å². The van der Waals surface area contributed by atoms with Gasteiger partial charge in [0.05, 0.1) is 0 Å². The summed E-state index contributed by atoms with van der Waals surface area (Å²) in [5.74, 6) is -1.87. The van der Waals surface area contributed by atoms with Gasteiger partial charge < -0.3 is 10.2 Å². The second-order valence-corrected chi connectivity index (χ2v) is 3.55. The van der Waals surface area contributed by atoms with E-state index in [9.17, 15) is 9.59 Å². The first kappa shape index (κ1) is 16.4. The smallest absolute Gasteiger partial charge is 0.330 e. The number of rotatable bonds is 4. The molecule has 0 aliphatic rings. The summed E-state index contributed by atoms with van der Waals surface area (Å²) in [7, 11) is 0. The van der Waals surface area contributed by atoms with E-state index in [2.05, 4.69) is 6.58 Å². The molecule has 0 saturated heterocycles. The van der Waals surface area contributed by atoms with E-state index in [0.29, 0.717) is 0 Å². The highest BCUT2D eigenvalue weighted by Crippen LogP contribution is 2.00. The Morgan fingerprint density at radius 3 is 2.05 bits per heavy atom. The van der Waals surface area contributed by atoms with Crippen LogP contribution in [-0.4, -0.2) is 22.2 Å². The highest BCUT2D eigenvalue weighted by molar-refractivity contribution is 5.84. The van der Waals surface area contributed by atoms with Crippen LogP contribution in [0.1, 0.15) is 12.5 Å². The van der Waals surface area contributed by atoms with Gasteiger partial charge >= 0.3 is 11.9 Å². The zero-order chi connectivity index (χ0) is 14.7. The van der Waals surface area contributed by atoms with Crippen molar-refractivity contribution in [3.63, 3.8) is 0 Å². The van der Waals surface area contributed by atoms with E-state index in [1.807, 2.05) is 36.4 Å². The predicted octanol–water partition coefficient (Wildman–Crippen LogP) is 2.99. The highest BCUT2D eigenvalue weighted by atomic mass is 16.4. The third-order valence-electron chi connectivity index (χ3n) is 1.80. The van der Waals surface area contributed by atoms with Gasteiger partial charge in [0.2, 0.25) is 0 Å². The SMILES string of the molecule is C=C(C)C(=O)O.O=C(O)C=CC=Cc1ccccc1. The molecule has 1 rings (SSSR count). The van der Waals surface area contributed by atoms with Crippen LogP contribution in [0.4, 0.5) is 0 Å². The van der Waals surface area contributed by atoms with Gasteiger partial charge in [-0.2, -0.15) is 0 Å². The van der Waals surface area contributed by atoms with Crippen LogP contribution in [0.5, 0.6) is 0 Å².